The van der Waals surface area contributed by atoms with Crippen LogP contribution in [0.25, 0.3) is 17.0 Å². The Balaban J connectivity index is 1.34. The second-order valence-corrected chi connectivity index (χ2v) is 7.18. The highest BCUT2D eigenvalue weighted by Gasteiger charge is 2.10. The van der Waals surface area contributed by atoms with Gasteiger partial charge in [0, 0.05) is 29.9 Å². The average Bonchev–Trinajstić information content (AvgIpc) is 3.47. The lowest BCUT2D eigenvalue weighted by molar-refractivity contribution is 0.686. The Morgan fingerprint density at radius 2 is 1.96 bits per heavy atom. The summed E-state index contributed by atoms with van der Waals surface area (Å²) in [6.07, 6.45) is 3.76. The first-order chi connectivity index (χ1) is 13.8. The van der Waals surface area contributed by atoms with E-state index < -0.39 is 0 Å². The van der Waals surface area contributed by atoms with Crippen LogP contribution in [0.15, 0.2) is 71.7 Å². The number of aromatic nitrogens is 6. The maximum absolute atomic E-state index is 4.66. The highest BCUT2D eigenvalue weighted by atomic mass is 32.1. The summed E-state index contributed by atoms with van der Waals surface area (Å²) in [5.74, 6) is 1.53. The minimum Gasteiger partial charge on any atom is -0.365 e. The van der Waals surface area contributed by atoms with E-state index in [2.05, 4.69) is 50.0 Å². The summed E-state index contributed by atoms with van der Waals surface area (Å²) < 4.78 is 3.69. The molecule has 0 radical (unpaired) electrons. The summed E-state index contributed by atoms with van der Waals surface area (Å²) in [5, 5.41) is 24.9. The van der Waals surface area contributed by atoms with Gasteiger partial charge in [-0.05, 0) is 40.8 Å². The van der Waals surface area contributed by atoms with Crippen LogP contribution in [0.2, 0.25) is 0 Å². The summed E-state index contributed by atoms with van der Waals surface area (Å²) in [6, 6.07) is 16.3. The van der Waals surface area contributed by atoms with Crippen molar-refractivity contribution in [2.75, 3.05) is 5.32 Å². The number of nitrogens with zero attached hydrogens (tertiary/aromatic N) is 6. The number of rotatable bonds is 6. The topological polar surface area (TPSA) is 72.9 Å². The summed E-state index contributed by atoms with van der Waals surface area (Å²) >= 11 is 1.63. The van der Waals surface area contributed by atoms with Crippen molar-refractivity contribution in [2.24, 2.45) is 0 Å². The minimum absolute atomic E-state index is 0.682. The molecule has 7 nitrogen and oxygen atoms in total. The molecule has 0 spiro atoms. The van der Waals surface area contributed by atoms with Gasteiger partial charge in [-0.15, -0.1) is 15.3 Å². The van der Waals surface area contributed by atoms with Gasteiger partial charge in [0.15, 0.2) is 11.5 Å². The Hall–Kier alpha value is -3.52. The van der Waals surface area contributed by atoms with Gasteiger partial charge in [-0.1, -0.05) is 24.3 Å². The van der Waals surface area contributed by atoms with Crippen molar-refractivity contribution >= 4 is 22.8 Å². The third-order valence-corrected chi connectivity index (χ3v) is 5.09. The van der Waals surface area contributed by atoms with Crippen molar-refractivity contribution in [1.29, 1.82) is 0 Å². The van der Waals surface area contributed by atoms with Gasteiger partial charge in [-0.25, -0.2) is 0 Å². The number of hydrogen-bond acceptors (Lipinski definition) is 6. The molecule has 0 aliphatic rings. The zero-order valence-corrected chi connectivity index (χ0v) is 15.8. The second-order valence-electron chi connectivity index (χ2n) is 6.40. The van der Waals surface area contributed by atoms with Crippen LogP contribution in [0.1, 0.15) is 11.1 Å². The maximum Gasteiger partial charge on any atom is 0.186 e. The molecule has 0 saturated heterocycles. The molecule has 0 saturated carbocycles. The Morgan fingerprint density at radius 1 is 1.00 bits per heavy atom. The van der Waals surface area contributed by atoms with Crippen LogP contribution in [0.5, 0.6) is 0 Å². The average molecular weight is 387 g/mol. The molecule has 0 fully saturated rings. The lowest BCUT2D eigenvalue weighted by Gasteiger charge is -2.08. The summed E-state index contributed by atoms with van der Waals surface area (Å²) in [6.45, 7) is 1.44. The van der Waals surface area contributed by atoms with Crippen molar-refractivity contribution in [1.82, 2.24) is 29.6 Å². The van der Waals surface area contributed by atoms with Gasteiger partial charge in [0.2, 0.25) is 0 Å². The molecule has 0 bridgehead atoms. The Bertz CT molecular complexity index is 1190. The van der Waals surface area contributed by atoms with Gasteiger partial charge in [0.1, 0.15) is 5.82 Å². The summed E-state index contributed by atoms with van der Waals surface area (Å²) in [4.78, 5) is 0. The second kappa shape index (κ2) is 7.24. The van der Waals surface area contributed by atoms with Crippen LogP contribution < -0.4 is 5.32 Å². The first-order valence-electron chi connectivity index (χ1n) is 8.89. The third kappa shape index (κ3) is 3.37. The molecule has 4 aromatic heterocycles. The highest BCUT2D eigenvalue weighted by molar-refractivity contribution is 7.08. The minimum atomic E-state index is 0.682. The van der Waals surface area contributed by atoms with E-state index in [9.17, 15) is 0 Å². The van der Waals surface area contributed by atoms with Crippen molar-refractivity contribution in [3.8, 4) is 11.4 Å². The Kier molecular flexibility index (Phi) is 4.30. The number of fused-ring (bicyclic) bond motifs is 1. The van der Waals surface area contributed by atoms with Crippen molar-refractivity contribution in [2.45, 2.75) is 13.1 Å². The lowest BCUT2D eigenvalue weighted by Crippen LogP contribution is -2.06. The van der Waals surface area contributed by atoms with Crippen LogP contribution in [0, 0.1) is 0 Å². The van der Waals surface area contributed by atoms with E-state index >= 15 is 0 Å². The molecule has 28 heavy (non-hydrogen) atoms. The van der Waals surface area contributed by atoms with Crippen LogP contribution >= 0.6 is 11.3 Å². The van der Waals surface area contributed by atoms with Gasteiger partial charge >= 0.3 is 0 Å². The molecule has 1 aromatic carbocycles. The van der Waals surface area contributed by atoms with Crippen LogP contribution in [0.4, 0.5) is 5.82 Å². The van der Waals surface area contributed by atoms with Gasteiger partial charge in [-0.2, -0.15) is 21.0 Å². The van der Waals surface area contributed by atoms with Crippen molar-refractivity contribution < 1.29 is 0 Å². The molecular weight excluding hydrogens is 370 g/mol. The highest BCUT2D eigenvalue weighted by Crippen LogP contribution is 2.21. The molecule has 0 aliphatic heterocycles. The maximum atomic E-state index is 4.66. The quantitative estimate of drug-likeness (QED) is 0.481. The van der Waals surface area contributed by atoms with Gasteiger partial charge < -0.3 is 5.32 Å². The standard InChI is InChI=1S/C20H17N7S/c1-3-15(11-16(4-1)13-26-9-2-8-22-26)12-21-18-5-6-19-23-24-20(27(19)25-18)17-7-10-28-14-17/h1-11,14H,12-13H2,(H,21,25). The molecule has 0 unspecified atom stereocenters. The molecule has 0 aliphatic carbocycles. The van der Waals surface area contributed by atoms with Gasteiger partial charge in [0.05, 0.1) is 6.54 Å². The SMILES string of the molecule is c1cc(CNc2ccc3nnc(-c4ccsc4)n3n2)cc(Cn2cccn2)c1. The Morgan fingerprint density at radius 3 is 2.82 bits per heavy atom. The third-order valence-electron chi connectivity index (χ3n) is 4.41. The molecule has 8 heteroatoms. The zero-order chi connectivity index (χ0) is 18.8. The first-order valence-corrected chi connectivity index (χ1v) is 9.83. The van der Waals surface area contributed by atoms with Gasteiger partial charge in [0.25, 0.3) is 0 Å². The fraction of sp³-hybridized carbons (Fsp3) is 0.100. The smallest absolute Gasteiger partial charge is 0.186 e. The zero-order valence-electron chi connectivity index (χ0n) is 14.9. The molecule has 5 rings (SSSR count). The van der Waals surface area contributed by atoms with E-state index in [4.69, 9.17) is 0 Å². The van der Waals surface area contributed by atoms with Crippen molar-refractivity contribution in [3.05, 3.63) is 82.8 Å². The predicted octanol–water partition coefficient (Wildman–Crippen LogP) is 3.71. The monoisotopic (exact) mass is 387 g/mol. The summed E-state index contributed by atoms with van der Waals surface area (Å²) in [7, 11) is 0. The van der Waals surface area contributed by atoms with E-state index in [0.717, 1.165) is 29.4 Å². The number of nitrogens with one attached hydrogen (secondary N) is 1. The molecule has 0 atom stereocenters. The first kappa shape index (κ1) is 16.6. The Labute approximate surface area is 165 Å². The predicted molar refractivity (Wildman–Crippen MR) is 109 cm³/mol. The normalized spacial score (nSPS) is 11.1. The van der Waals surface area contributed by atoms with E-state index in [-0.39, 0.29) is 0 Å². The lowest BCUT2D eigenvalue weighted by atomic mass is 10.1. The summed E-state index contributed by atoms with van der Waals surface area (Å²) in [5.41, 5.74) is 4.15. The number of hydrogen-bond donors (Lipinski definition) is 1. The van der Waals surface area contributed by atoms with Crippen LogP contribution in [-0.4, -0.2) is 29.6 Å². The molecule has 0 amide bonds. The number of benzene rings is 1. The fourth-order valence-electron chi connectivity index (χ4n) is 3.07. The van der Waals surface area contributed by atoms with Gasteiger partial charge in [-0.3, -0.25) is 4.68 Å². The largest absolute Gasteiger partial charge is 0.365 e. The van der Waals surface area contributed by atoms with Crippen LogP contribution in [0.3, 0.4) is 0 Å². The van der Waals surface area contributed by atoms with Crippen LogP contribution in [-0.2, 0) is 13.1 Å². The molecule has 1 N–H and O–H groups in total. The van der Waals surface area contributed by atoms with E-state index in [1.54, 1.807) is 22.0 Å². The molecule has 4 heterocycles. The van der Waals surface area contributed by atoms with E-state index in [0.29, 0.717) is 6.54 Å². The number of thiophene rings is 1. The molecule has 138 valence electrons. The van der Waals surface area contributed by atoms with E-state index in [1.807, 2.05) is 45.9 Å². The fourth-order valence-corrected chi connectivity index (χ4v) is 3.70. The molecular formula is C20H17N7S. The van der Waals surface area contributed by atoms with Crippen molar-refractivity contribution in [3.63, 3.8) is 0 Å². The molecule has 5 aromatic rings. The van der Waals surface area contributed by atoms with E-state index in [1.165, 1.54) is 11.1 Å². The number of anilines is 1.